The summed E-state index contributed by atoms with van der Waals surface area (Å²) < 4.78 is 0. The molecule has 0 saturated carbocycles. The molecule has 2 N–H and O–H groups in total. The van der Waals surface area contributed by atoms with Crippen molar-refractivity contribution in [2.24, 2.45) is 0 Å². The van der Waals surface area contributed by atoms with Crippen molar-refractivity contribution in [1.29, 1.82) is 0 Å². The molecule has 3 heterocycles. The topological polar surface area (TPSA) is 104 Å². The van der Waals surface area contributed by atoms with Gasteiger partial charge in [0.25, 0.3) is 11.5 Å². The highest BCUT2D eigenvalue weighted by Gasteiger charge is 2.14. The van der Waals surface area contributed by atoms with Crippen LogP contribution in [0.4, 0.5) is 11.5 Å². The van der Waals surface area contributed by atoms with Gasteiger partial charge in [-0.3, -0.25) is 9.59 Å². The molecule has 8 nitrogen and oxygen atoms in total. The lowest BCUT2D eigenvalue weighted by Gasteiger charge is -2.15. The molecule has 1 aliphatic rings. The second-order valence-corrected chi connectivity index (χ2v) is 6.31. The Morgan fingerprint density at radius 2 is 1.89 bits per heavy atom. The van der Waals surface area contributed by atoms with Gasteiger partial charge in [-0.1, -0.05) is 12.1 Å². The summed E-state index contributed by atoms with van der Waals surface area (Å²) in [6.07, 6.45) is 2.38. The number of nitrogens with one attached hydrogen (secondary N) is 2. The van der Waals surface area contributed by atoms with Crippen LogP contribution in [-0.2, 0) is 0 Å². The maximum Gasteiger partial charge on any atom is 0.276 e. The normalized spacial score (nSPS) is 13.6. The van der Waals surface area contributed by atoms with Crippen LogP contribution in [0.15, 0.2) is 53.3 Å². The Morgan fingerprint density at radius 3 is 2.59 bits per heavy atom. The van der Waals surface area contributed by atoms with Crippen LogP contribution in [0.5, 0.6) is 0 Å². The molecular weight excluding hydrogens is 344 g/mol. The van der Waals surface area contributed by atoms with E-state index in [1.54, 1.807) is 6.07 Å². The van der Waals surface area contributed by atoms with Crippen LogP contribution < -0.4 is 15.8 Å². The standard InChI is InChI=1S/C19H18N6O2/c26-18-9-7-16(22-24-18)19(27)20-14-5-3-4-13(12-14)15-6-8-17(23-21-15)25-10-1-2-11-25/h3-9,12H,1-2,10-11H2,(H,20,27)(H,24,26). The molecule has 1 aromatic carbocycles. The quantitative estimate of drug-likeness (QED) is 0.736. The van der Waals surface area contributed by atoms with E-state index in [0.717, 1.165) is 30.2 Å². The van der Waals surface area contributed by atoms with Crippen LogP contribution in [0.25, 0.3) is 11.3 Å². The Hall–Kier alpha value is -3.55. The average molecular weight is 362 g/mol. The van der Waals surface area contributed by atoms with E-state index in [1.165, 1.54) is 25.0 Å². The lowest BCUT2D eigenvalue weighted by molar-refractivity contribution is 0.102. The number of hydrogen-bond donors (Lipinski definition) is 2. The van der Waals surface area contributed by atoms with Gasteiger partial charge >= 0.3 is 0 Å². The highest BCUT2D eigenvalue weighted by Crippen LogP contribution is 2.23. The van der Waals surface area contributed by atoms with E-state index in [4.69, 9.17) is 0 Å². The predicted octanol–water partition coefficient (Wildman–Crippen LogP) is 2.08. The highest BCUT2D eigenvalue weighted by molar-refractivity contribution is 6.02. The number of hydrogen-bond acceptors (Lipinski definition) is 6. The van der Waals surface area contributed by atoms with Crippen LogP contribution in [0.2, 0.25) is 0 Å². The van der Waals surface area contributed by atoms with Crippen molar-refractivity contribution in [3.8, 4) is 11.3 Å². The Labute approximate surface area is 155 Å². The lowest BCUT2D eigenvalue weighted by Crippen LogP contribution is -2.19. The maximum atomic E-state index is 12.2. The summed E-state index contributed by atoms with van der Waals surface area (Å²) in [6.45, 7) is 2.04. The van der Waals surface area contributed by atoms with E-state index in [1.807, 2.05) is 30.3 Å². The molecule has 0 atom stereocenters. The number of carbonyl (C=O) groups is 1. The molecule has 8 heteroatoms. The molecule has 0 bridgehead atoms. The molecular formula is C19H18N6O2. The van der Waals surface area contributed by atoms with Gasteiger partial charge in [-0.25, -0.2) is 5.10 Å². The van der Waals surface area contributed by atoms with Crippen molar-refractivity contribution in [3.05, 3.63) is 64.6 Å². The molecule has 0 aliphatic carbocycles. The maximum absolute atomic E-state index is 12.2. The molecule has 0 radical (unpaired) electrons. The van der Waals surface area contributed by atoms with Crippen molar-refractivity contribution in [3.63, 3.8) is 0 Å². The predicted molar refractivity (Wildman–Crippen MR) is 102 cm³/mol. The number of nitrogens with zero attached hydrogens (tertiary/aromatic N) is 4. The fraction of sp³-hybridized carbons (Fsp3) is 0.211. The van der Waals surface area contributed by atoms with Gasteiger partial charge in [0.2, 0.25) is 0 Å². The van der Waals surface area contributed by atoms with Gasteiger partial charge in [0.05, 0.1) is 5.69 Å². The fourth-order valence-electron chi connectivity index (χ4n) is 3.02. The van der Waals surface area contributed by atoms with Crippen LogP contribution in [0.3, 0.4) is 0 Å². The number of aromatic amines is 1. The van der Waals surface area contributed by atoms with Gasteiger partial charge < -0.3 is 10.2 Å². The number of aromatic nitrogens is 4. The average Bonchev–Trinajstić information content (AvgIpc) is 3.24. The van der Waals surface area contributed by atoms with Gasteiger partial charge in [0, 0.05) is 30.4 Å². The molecule has 1 fully saturated rings. The van der Waals surface area contributed by atoms with E-state index in [0.29, 0.717) is 5.69 Å². The third-order valence-corrected chi connectivity index (χ3v) is 4.41. The molecule has 1 saturated heterocycles. The molecule has 4 rings (SSSR count). The summed E-state index contributed by atoms with van der Waals surface area (Å²) in [5, 5.41) is 17.4. The van der Waals surface area contributed by atoms with Crippen molar-refractivity contribution < 1.29 is 4.79 Å². The van der Waals surface area contributed by atoms with Gasteiger partial charge in [-0.15, -0.1) is 10.2 Å². The molecule has 1 aliphatic heterocycles. The Bertz CT molecular complexity index is 989. The smallest absolute Gasteiger partial charge is 0.276 e. The molecule has 3 aromatic rings. The molecule has 136 valence electrons. The Morgan fingerprint density at radius 1 is 1.04 bits per heavy atom. The zero-order valence-electron chi connectivity index (χ0n) is 14.6. The zero-order chi connectivity index (χ0) is 18.6. The minimum absolute atomic E-state index is 0.134. The number of rotatable bonds is 4. The van der Waals surface area contributed by atoms with Gasteiger partial charge in [0.15, 0.2) is 5.82 Å². The first-order chi connectivity index (χ1) is 13.2. The van der Waals surface area contributed by atoms with Crippen molar-refractivity contribution in [2.75, 3.05) is 23.3 Å². The van der Waals surface area contributed by atoms with Gasteiger partial charge in [-0.05, 0) is 43.2 Å². The third kappa shape index (κ3) is 3.84. The number of benzene rings is 1. The van der Waals surface area contributed by atoms with Gasteiger partial charge in [-0.2, -0.15) is 5.10 Å². The highest BCUT2D eigenvalue weighted by atomic mass is 16.2. The third-order valence-electron chi connectivity index (χ3n) is 4.41. The van der Waals surface area contributed by atoms with Crippen LogP contribution >= 0.6 is 0 Å². The van der Waals surface area contributed by atoms with Crippen LogP contribution in [0, 0.1) is 0 Å². The number of H-pyrrole nitrogens is 1. The van der Waals surface area contributed by atoms with Crippen LogP contribution in [0.1, 0.15) is 23.3 Å². The largest absolute Gasteiger partial charge is 0.355 e. The zero-order valence-corrected chi connectivity index (χ0v) is 14.6. The first-order valence-electron chi connectivity index (χ1n) is 8.75. The number of anilines is 2. The first kappa shape index (κ1) is 16.9. The Balaban J connectivity index is 1.51. The van der Waals surface area contributed by atoms with Crippen molar-refractivity contribution in [1.82, 2.24) is 20.4 Å². The molecule has 0 unspecified atom stereocenters. The number of amides is 1. The second-order valence-electron chi connectivity index (χ2n) is 6.31. The second kappa shape index (κ2) is 7.36. The van der Waals surface area contributed by atoms with E-state index >= 15 is 0 Å². The first-order valence-corrected chi connectivity index (χ1v) is 8.75. The Kier molecular flexibility index (Phi) is 4.61. The molecule has 27 heavy (non-hydrogen) atoms. The molecule has 2 aromatic heterocycles. The van der Waals surface area contributed by atoms with Crippen LogP contribution in [-0.4, -0.2) is 39.4 Å². The van der Waals surface area contributed by atoms with Crippen molar-refractivity contribution in [2.45, 2.75) is 12.8 Å². The minimum atomic E-state index is -0.404. The lowest BCUT2D eigenvalue weighted by atomic mass is 10.1. The molecule has 1 amide bonds. The summed E-state index contributed by atoms with van der Waals surface area (Å²) in [7, 11) is 0. The summed E-state index contributed by atoms with van der Waals surface area (Å²) in [5.41, 5.74) is 1.97. The summed E-state index contributed by atoms with van der Waals surface area (Å²) in [6, 6.07) is 13.9. The van der Waals surface area contributed by atoms with E-state index in [-0.39, 0.29) is 11.3 Å². The summed E-state index contributed by atoms with van der Waals surface area (Å²) >= 11 is 0. The minimum Gasteiger partial charge on any atom is -0.355 e. The summed E-state index contributed by atoms with van der Waals surface area (Å²) in [5.74, 6) is 0.490. The molecule has 0 spiro atoms. The van der Waals surface area contributed by atoms with E-state index < -0.39 is 5.91 Å². The monoisotopic (exact) mass is 362 g/mol. The van der Waals surface area contributed by atoms with Gasteiger partial charge in [0.1, 0.15) is 5.69 Å². The van der Waals surface area contributed by atoms with E-state index in [9.17, 15) is 9.59 Å². The SMILES string of the molecule is O=C(Nc1cccc(-c2ccc(N3CCCC3)nn2)c1)c1ccc(=O)[nH]n1. The number of carbonyl (C=O) groups excluding carboxylic acids is 1. The summed E-state index contributed by atoms with van der Waals surface area (Å²) in [4.78, 5) is 25.5. The van der Waals surface area contributed by atoms with E-state index in [2.05, 4.69) is 30.6 Å². The fourth-order valence-corrected chi connectivity index (χ4v) is 3.02. The van der Waals surface area contributed by atoms with Crippen molar-refractivity contribution >= 4 is 17.4 Å².